The Morgan fingerprint density at radius 2 is 2.00 bits per heavy atom. The van der Waals surface area contributed by atoms with Gasteiger partial charge in [0, 0.05) is 52.8 Å². The van der Waals surface area contributed by atoms with Crippen molar-refractivity contribution >= 4 is 33.2 Å². The molecule has 0 amide bonds. The van der Waals surface area contributed by atoms with Crippen LogP contribution in [0.2, 0.25) is 5.02 Å². The van der Waals surface area contributed by atoms with Crippen LogP contribution in [0.15, 0.2) is 46.4 Å². The van der Waals surface area contributed by atoms with E-state index >= 15 is 0 Å². The smallest absolute Gasteiger partial charge is 0.331 e. The third kappa shape index (κ3) is 5.15. The first kappa shape index (κ1) is 26.6. The largest absolute Gasteiger partial charge is 0.489 e. The highest BCUT2D eigenvalue weighted by molar-refractivity contribution is 7.19. The molecule has 1 aliphatic heterocycles. The molecule has 4 heterocycles. The number of rotatable bonds is 6. The average Bonchev–Trinajstić information content (AvgIpc) is 3.27. The van der Waals surface area contributed by atoms with Gasteiger partial charge in [-0.3, -0.25) is 13.9 Å². The third-order valence-corrected chi connectivity index (χ3v) is 8.46. The second-order valence-electron chi connectivity index (χ2n) is 10.5. The molecule has 0 saturated carbocycles. The molecule has 10 heteroatoms. The number of ether oxygens (including phenoxy) is 1. The van der Waals surface area contributed by atoms with Gasteiger partial charge in [0.2, 0.25) is 0 Å². The van der Waals surface area contributed by atoms with E-state index in [2.05, 4.69) is 28.8 Å². The van der Waals surface area contributed by atoms with E-state index < -0.39 is 0 Å². The highest BCUT2D eigenvalue weighted by Gasteiger charge is 2.28. The van der Waals surface area contributed by atoms with E-state index in [0.717, 1.165) is 57.2 Å². The zero-order chi connectivity index (χ0) is 27.1. The Labute approximate surface area is 230 Å². The van der Waals surface area contributed by atoms with Crippen molar-refractivity contribution in [3.05, 3.63) is 73.1 Å². The van der Waals surface area contributed by atoms with E-state index in [1.165, 1.54) is 28.3 Å². The molecule has 0 N–H and O–H groups in total. The van der Waals surface area contributed by atoms with Crippen molar-refractivity contribution in [3.8, 4) is 17.0 Å². The molecule has 0 aliphatic carbocycles. The summed E-state index contributed by atoms with van der Waals surface area (Å²) in [5, 5.41) is 0.606. The maximum absolute atomic E-state index is 13.0. The third-order valence-electron chi connectivity index (χ3n) is 7.12. The van der Waals surface area contributed by atoms with Crippen LogP contribution in [-0.2, 0) is 6.54 Å². The van der Waals surface area contributed by atoms with Crippen LogP contribution in [0.1, 0.15) is 43.7 Å². The highest BCUT2D eigenvalue weighted by atomic mass is 35.5. The topological polar surface area (TPSA) is 82.2 Å². The first-order chi connectivity index (χ1) is 18.1. The Balaban J connectivity index is 1.57. The molecule has 2 atom stereocenters. The van der Waals surface area contributed by atoms with Gasteiger partial charge in [0.25, 0.3) is 5.56 Å². The summed E-state index contributed by atoms with van der Waals surface area (Å²) in [6, 6.07) is 7.11. The lowest BCUT2D eigenvalue weighted by Crippen LogP contribution is -2.42. The van der Waals surface area contributed by atoms with Gasteiger partial charge in [0.1, 0.15) is 18.2 Å². The van der Waals surface area contributed by atoms with Gasteiger partial charge in [-0.25, -0.2) is 14.8 Å². The number of piperidine rings is 1. The first-order valence-electron chi connectivity index (χ1n) is 12.8. The number of thiophene rings is 1. The van der Waals surface area contributed by atoms with Crippen molar-refractivity contribution in [1.29, 1.82) is 0 Å². The quantitative estimate of drug-likeness (QED) is 0.334. The van der Waals surface area contributed by atoms with Crippen LogP contribution in [-0.4, -0.2) is 50.2 Å². The van der Waals surface area contributed by atoms with Gasteiger partial charge < -0.3 is 9.64 Å². The number of likely N-dealkylation sites (tertiary alicyclic amines) is 1. The normalized spacial score (nSPS) is 18.4. The van der Waals surface area contributed by atoms with Crippen molar-refractivity contribution in [3.63, 3.8) is 0 Å². The molecule has 1 saturated heterocycles. The minimum Gasteiger partial charge on any atom is -0.489 e. The van der Waals surface area contributed by atoms with Crippen molar-refractivity contribution in [2.24, 2.45) is 5.92 Å². The molecule has 0 radical (unpaired) electrons. The zero-order valence-corrected chi connectivity index (χ0v) is 23.8. The van der Waals surface area contributed by atoms with E-state index in [-0.39, 0.29) is 29.9 Å². The standard InChI is InChI=1S/C28H32ClN5O3S/c1-16(2)33-9-7-24(35)34(28(33)36)14-20-12-22-27(38-20)25(31-15-30-22)21-11-19(29)10-17(3)26(21)37-23-6-8-32(5)13-18(23)4/h7,9-12,15-16,18,23H,6,8,13-14H2,1-5H3/t18-,23+/m0/s1. The predicted octanol–water partition coefficient (Wildman–Crippen LogP) is 4.99. The molecule has 0 spiro atoms. The first-order valence-corrected chi connectivity index (χ1v) is 14.0. The minimum atomic E-state index is -0.330. The number of fused-ring (bicyclic) bond motifs is 1. The molecule has 1 fully saturated rings. The maximum atomic E-state index is 13.0. The van der Waals surface area contributed by atoms with Gasteiger partial charge >= 0.3 is 5.69 Å². The number of nitrogens with zero attached hydrogens (tertiary/aromatic N) is 5. The monoisotopic (exact) mass is 553 g/mol. The van der Waals surface area contributed by atoms with Gasteiger partial charge in [-0.2, -0.15) is 0 Å². The molecule has 3 aromatic heterocycles. The van der Waals surface area contributed by atoms with Gasteiger partial charge in [-0.15, -0.1) is 11.3 Å². The number of hydrogen-bond donors (Lipinski definition) is 0. The maximum Gasteiger partial charge on any atom is 0.331 e. The van der Waals surface area contributed by atoms with Gasteiger partial charge in [0.05, 0.1) is 22.5 Å². The number of aryl methyl sites for hydroxylation is 1. The van der Waals surface area contributed by atoms with E-state index in [4.69, 9.17) is 16.3 Å². The number of aromatic nitrogens is 4. The number of benzene rings is 1. The summed E-state index contributed by atoms with van der Waals surface area (Å²) in [5.41, 5.74) is 2.59. The lowest BCUT2D eigenvalue weighted by atomic mass is 9.96. The fourth-order valence-corrected chi connectivity index (χ4v) is 6.50. The molecular formula is C28H32ClN5O3S. The zero-order valence-electron chi connectivity index (χ0n) is 22.3. The predicted molar refractivity (Wildman–Crippen MR) is 153 cm³/mol. The molecule has 8 nitrogen and oxygen atoms in total. The molecule has 1 aliphatic rings. The molecule has 0 bridgehead atoms. The summed E-state index contributed by atoms with van der Waals surface area (Å²) in [6.07, 6.45) is 4.12. The Morgan fingerprint density at radius 3 is 2.74 bits per heavy atom. The Hall–Kier alpha value is -3.01. The van der Waals surface area contributed by atoms with Crippen LogP contribution in [0.4, 0.5) is 0 Å². The lowest BCUT2D eigenvalue weighted by molar-refractivity contribution is 0.0638. The number of hydrogen-bond acceptors (Lipinski definition) is 7. The van der Waals surface area contributed by atoms with E-state index in [0.29, 0.717) is 10.9 Å². The Bertz CT molecular complexity index is 1610. The van der Waals surface area contributed by atoms with Crippen LogP contribution >= 0.6 is 22.9 Å². The fourth-order valence-electron chi connectivity index (χ4n) is 5.12. The molecule has 5 rings (SSSR count). The average molecular weight is 554 g/mol. The van der Waals surface area contributed by atoms with E-state index in [9.17, 15) is 9.59 Å². The van der Waals surface area contributed by atoms with Crippen molar-refractivity contribution in [1.82, 2.24) is 24.0 Å². The summed E-state index contributed by atoms with van der Waals surface area (Å²) >= 11 is 8.00. The van der Waals surface area contributed by atoms with Crippen molar-refractivity contribution in [2.45, 2.75) is 52.8 Å². The van der Waals surface area contributed by atoms with Crippen LogP contribution in [0.5, 0.6) is 5.75 Å². The molecular weight excluding hydrogens is 522 g/mol. The summed E-state index contributed by atoms with van der Waals surface area (Å²) in [6.45, 7) is 10.2. The van der Waals surface area contributed by atoms with E-state index in [1.807, 2.05) is 39.0 Å². The SMILES string of the molecule is Cc1cc(Cl)cc(-c2ncnc3cc(Cn4c(=O)ccn(C(C)C)c4=O)sc23)c1O[C@@H]1CCN(C)C[C@@H]1C. The van der Waals surface area contributed by atoms with Gasteiger partial charge in [-0.05, 0) is 58.0 Å². The summed E-state index contributed by atoms with van der Waals surface area (Å²) in [4.78, 5) is 37.8. The Morgan fingerprint density at radius 1 is 1.21 bits per heavy atom. The second-order valence-corrected chi connectivity index (χ2v) is 12.0. The van der Waals surface area contributed by atoms with Crippen molar-refractivity contribution < 1.29 is 4.74 Å². The van der Waals surface area contributed by atoms with Crippen LogP contribution < -0.4 is 16.0 Å². The number of halogens is 1. The van der Waals surface area contributed by atoms with Gasteiger partial charge in [-0.1, -0.05) is 18.5 Å². The molecule has 4 aromatic rings. The van der Waals surface area contributed by atoms with E-state index in [1.54, 1.807) is 10.8 Å². The molecule has 200 valence electrons. The summed E-state index contributed by atoms with van der Waals surface area (Å²) in [7, 11) is 2.14. The highest BCUT2D eigenvalue weighted by Crippen LogP contribution is 2.41. The summed E-state index contributed by atoms with van der Waals surface area (Å²) < 4.78 is 10.4. The van der Waals surface area contributed by atoms with Crippen LogP contribution in [0, 0.1) is 12.8 Å². The molecule has 1 aromatic carbocycles. The summed E-state index contributed by atoms with van der Waals surface area (Å²) in [5.74, 6) is 1.17. The fraction of sp³-hybridized carbons (Fsp3) is 0.429. The van der Waals surface area contributed by atoms with Crippen molar-refractivity contribution in [2.75, 3.05) is 20.1 Å². The second kappa shape index (κ2) is 10.6. The minimum absolute atomic E-state index is 0.0500. The van der Waals surface area contributed by atoms with Gasteiger partial charge in [0.15, 0.2) is 0 Å². The molecule has 0 unspecified atom stereocenters. The lowest BCUT2D eigenvalue weighted by Gasteiger charge is -2.35. The Kier molecular flexibility index (Phi) is 7.44. The molecule has 38 heavy (non-hydrogen) atoms. The van der Waals surface area contributed by atoms with Crippen LogP contribution in [0.3, 0.4) is 0 Å². The van der Waals surface area contributed by atoms with Crippen LogP contribution in [0.25, 0.3) is 21.5 Å².